The number of carbonyl (C=O) groups excluding carboxylic acids is 1. The zero-order chi connectivity index (χ0) is 15.8. The van der Waals surface area contributed by atoms with Crippen LogP contribution in [0.5, 0.6) is 0 Å². The van der Waals surface area contributed by atoms with Gasteiger partial charge in [-0.3, -0.25) is 9.69 Å². The first kappa shape index (κ1) is 15.5. The average molecular weight is 310 g/mol. The molecule has 1 unspecified atom stereocenters. The maximum absolute atomic E-state index is 12.0. The highest BCUT2D eigenvalue weighted by Gasteiger charge is 2.39. The van der Waals surface area contributed by atoms with Gasteiger partial charge in [0.1, 0.15) is 10.8 Å². The molecule has 1 amide bonds. The van der Waals surface area contributed by atoms with Crippen molar-refractivity contribution in [1.29, 1.82) is 5.26 Å². The molecule has 0 spiro atoms. The maximum atomic E-state index is 12.0. The van der Waals surface area contributed by atoms with E-state index in [0.717, 1.165) is 4.90 Å². The van der Waals surface area contributed by atoms with Gasteiger partial charge in [0.25, 0.3) is 5.91 Å². The molecule has 0 fully saturated rings. The molecule has 7 heteroatoms. The Kier molecular flexibility index (Phi) is 4.08. The monoisotopic (exact) mass is 309 g/mol. The van der Waals surface area contributed by atoms with Gasteiger partial charge in [0, 0.05) is 23.5 Å². The Bertz CT molecular complexity index is 646. The second-order valence-electron chi connectivity index (χ2n) is 5.34. The standard InChI is InChI=1S/C14H16ClN3O3/c1-4-14(3,5-6-16)9-7-10(17-21-9)18-12(19)8(2)11(15)13(18)20/h7,12,19H,4-5H2,1-3H3/t12-,14?/m0/s1. The predicted octanol–water partition coefficient (Wildman–Crippen LogP) is 2.43. The molecular formula is C14H16ClN3O3. The molecule has 0 saturated carbocycles. The number of halogens is 1. The van der Waals surface area contributed by atoms with Gasteiger partial charge in [-0.05, 0) is 13.3 Å². The predicted molar refractivity (Wildman–Crippen MR) is 76.4 cm³/mol. The van der Waals surface area contributed by atoms with Crippen molar-refractivity contribution in [3.63, 3.8) is 0 Å². The summed E-state index contributed by atoms with van der Waals surface area (Å²) in [5.41, 5.74) is -0.110. The quantitative estimate of drug-likeness (QED) is 0.922. The summed E-state index contributed by atoms with van der Waals surface area (Å²) >= 11 is 5.85. The summed E-state index contributed by atoms with van der Waals surface area (Å²) in [5.74, 6) is 0.178. The Hall–Kier alpha value is -1.84. The normalized spacial score (nSPS) is 21.6. The van der Waals surface area contributed by atoms with E-state index in [2.05, 4.69) is 11.2 Å². The number of rotatable bonds is 4. The van der Waals surface area contributed by atoms with E-state index in [1.54, 1.807) is 13.0 Å². The van der Waals surface area contributed by atoms with Crippen LogP contribution < -0.4 is 4.90 Å². The van der Waals surface area contributed by atoms with Crippen molar-refractivity contribution in [1.82, 2.24) is 5.16 Å². The second-order valence-corrected chi connectivity index (χ2v) is 5.72. The Morgan fingerprint density at radius 3 is 2.81 bits per heavy atom. The molecule has 1 aliphatic heterocycles. The van der Waals surface area contributed by atoms with Crippen molar-refractivity contribution in [2.24, 2.45) is 0 Å². The van der Waals surface area contributed by atoms with Gasteiger partial charge in [0.15, 0.2) is 12.0 Å². The van der Waals surface area contributed by atoms with Crippen molar-refractivity contribution < 1.29 is 14.4 Å². The van der Waals surface area contributed by atoms with Crippen LogP contribution in [0.4, 0.5) is 5.82 Å². The number of nitrogens with zero attached hydrogens (tertiary/aromatic N) is 3. The van der Waals surface area contributed by atoms with Crippen LogP contribution in [0.25, 0.3) is 0 Å². The number of aromatic nitrogens is 1. The van der Waals surface area contributed by atoms with E-state index in [4.69, 9.17) is 21.4 Å². The topological polar surface area (TPSA) is 90.4 Å². The van der Waals surface area contributed by atoms with Gasteiger partial charge in [0.2, 0.25) is 0 Å². The minimum Gasteiger partial charge on any atom is -0.369 e. The van der Waals surface area contributed by atoms with E-state index in [1.807, 2.05) is 13.8 Å². The second kappa shape index (κ2) is 5.51. The first-order valence-electron chi connectivity index (χ1n) is 6.57. The fourth-order valence-electron chi connectivity index (χ4n) is 2.15. The molecule has 2 rings (SSSR count). The third-order valence-electron chi connectivity index (χ3n) is 3.97. The summed E-state index contributed by atoms with van der Waals surface area (Å²) in [4.78, 5) is 13.1. The lowest BCUT2D eigenvalue weighted by atomic mass is 9.82. The van der Waals surface area contributed by atoms with Gasteiger partial charge in [0.05, 0.1) is 6.07 Å². The van der Waals surface area contributed by atoms with Crippen molar-refractivity contribution in [3.05, 3.63) is 22.4 Å². The maximum Gasteiger partial charge on any atom is 0.273 e. The smallest absolute Gasteiger partial charge is 0.273 e. The number of aliphatic hydroxyl groups is 1. The third-order valence-corrected chi connectivity index (χ3v) is 4.43. The van der Waals surface area contributed by atoms with Crippen LogP contribution in [-0.4, -0.2) is 22.4 Å². The van der Waals surface area contributed by atoms with Crippen LogP contribution in [-0.2, 0) is 10.2 Å². The Balaban J connectivity index is 2.34. The summed E-state index contributed by atoms with van der Waals surface area (Å²) in [6, 6.07) is 3.70. The molecule has 0 radical (unpaired) electrons. The van der Waals surface area contributed by atoms with Gasteiger partial charge < -0.3 is 9.63 Å². The molecule has 1 N–H and O–H groups in total. The molecule has 2 heterocycles. The highest BCUT2D eigenvalue weighted by molar-refractivity contribution is 6.45. The van der Waals surface area contributed by atoms with E-state index in [0.29, 0.717) is 17.8 Å². The Morgan fingerprint density at radius 1 is 1.67 bits per heavy atom. The van der Waals surface area contributed by atoms with E-state index in [1.165, 1.54) is 0 Å². The molecule has 112 valence electrons. The van der Waals surface area contributed by atoms with Crippen LogP contribution >= 0.6 is 11.6 Å². The van der Waals surface area contributed by atoms with Crippen LogP contribution in [0.3, 0.4) is 0 Å². The highest BCUT2D eigenvalue weighted by Crippen LogP contribution is 2.36. The Labute approximate surface area is 127 Å². The summed E-state index contributed by atoms with van der Waals surface area (Å²) in [6.07, 6.45) is -0.192. The molecule has 0 aromatic carbocycles. The molecule has 0 aliphatic carbocycles. The van der Waals surface area contributed by atoms with Crippen molar-refractivity contribution in [2.45, 2.75) is 45.3 Å². The fraction of sp³-hybridized carbons (Fsp3) is 0.500. The number of carbonyl (C=O) groups is 1. The number of hydrogen-bond donors (Lipinski definition) is 1. The lowest BCUT2D eigenvalue weighted by Crippen LogP contribution is -2.35. The lowest BCUT2D eigenvalue weighted by molar-refractivity contribution is -0.115. The van der Waals surface area contributed by atoms with E-state index in [9.17, 15) is 9.90 Å². The highest BCUT2D eigenvalue weighted by atomic mass is 35.5. The zero-order valence-electron chi connectivity index (χ0n) is 12.1. The van der Waals surface area contributed by atoms with Crippen LogP contribution in [0.2, 0.25) is 0 Å². The number of nitriles is 1. The molecule has 21 heavy (non-hydrogen) atoms. The van der Waals surface area contributed by atoms with E-state index in [-0.39, 0.29) is 17.3 Å². The molecule has 1 aromatic rings. The van der Waals surface area contributed by atoms with E-state index >= 15 is 0 Å². The minimum absolute atomic E-state index is 0.0117. The lowest BCUT2D eigenvalue weighted by Gasteiger charge is -2.21. The number of anilines is 1. The first-order chi connectivity index (χ1) is 9.85. The summed E-state index contributed by atoms with van der Waals surface area (Å²) in [5, 5.41) is 22.8. The summed E-state index contributed by atoms with van der Waals surface area (Å²) in [6.45, 7) is 5.41. The van der Waals surface area contributed by atoms with Gasteiger partial charge in [-0.2, -0.15) is 5.26 Å². The van der Waals surface area contributed by atoms with Crippen LogP contribution in [0, 0.1) is 11.3 Å². The Morgan fingerprint density at radius 2 is 2.33 bits per heavy atom. The van der Waals surface area contributed by atoms with Gasteiger partial charge in [-0.25, -0.2) is 0 Å². The molecule has 0 bridgehead atoms. The van der Waals surface area contributed by atoms with Crippen LogP contribution in [0.15, 0.2) is 21.2 Å². The molecule has 1 aliphatic rings. The number of aliphatic hydroxyl groups excluding tert-OH is 1. The largest absolute Gasteiger partial charge is 0.369 e. The van der Waals surface area contributed by atoms with Gasteiger partial charge >= 0.3 is 0 Å². The zero-order valence-corrected chi connectivity index (χ0v) is 12.8. The molecule has 1 aromatic heterocycles. The number of hydrogen-bond acceptors (Lipinski definition) is 5. The summed E-state index contributed by atoms with van der Waals surface area (Å²) in [7, 11) is 0. The molecule has 0 saturated heterocycles. The first-order valence-corrected chi connectivity index (χ1v) is 6.95. The van der Waals surface area contributed by atoms with Crippen LogP contribution in [0.1, 0.15) is 39.4 Å². The number of amides is 1. The van der Waals surface area contributed by atoms with Crippen molar-refractivity contribution in [2.75, 3.05) is 4.90 Å². The summed E-state index contributed by atoms with van der Waals surface area (Å²) < 4.78 is 5.29. The van der Waals surface area contributed by atoms with Crippen molar-refractivity contribution in [3.8, 4) is 6.07 Å². The third kappa shape index (κ3) is 2.43. The van der Waals surface area contributed by atoms with Crippen molar-refractivity contribution >= 4 is 23.3 Å². The minimum atomic E-state index is -1.15. The van der Waals surface area contributed by atoms with E-state index < -0.39 is 17.6 Å². The molecule has 6 nitrogen and oxygen atoms in total. The molecule has 2 atom stereocenters. The fourth-order valence-corrected chi connectivity index (χ4v) is 2.34. The molecular weight excluding hydrogens is 294 g/mol. The average Bonchev–Trinajstić information content (AvgIpc) is 3.01. The van der Waals surface area contributed by atoms with Gasteiger partial charge in [-0.1, -0.05) is 30.6 Å². The SMILES string of the molecule is CCC(C)(CC#N)c1cc(N2C(=O)C(Cl)=C(C)[C@@H]2O)no1. The van der Waals surface area contributed by atoms with Gasteiger partial charge in [-0.15, -0.1) is 0 Å².